The summed E-state index contributed by atoms with van der Waals surface area (Å²) in [5.41, 5.74) is 7.84. The highest BCUT2D eigenvalue weighted by Crippen LogP contribution is 2.37. The van der Waals surface area contributed by atoms with E-state index in [1.165, 1.54) is 97.8 Å². The molecule has 0 bridgehead atoms. The van der Waals surface area contributed by atoms with Crippen molar-refractivity contribution in [2.45, 2.75) is 104 Å². The predicted molar refractivity (Wildman–Crippen MR) is 162 cm³/mol. The van der Waals surface area contributed by atoms with E-state index in [1.807, 2.05) is 0 Å². The smallest absolute Gasteiger partial charge is 0.172 e. The van der Waals surface area contributed by atoms with Gasteiger partial charge in [0.15, 0.2) is 11.7 Å². The molecular weight excluding hydrogens is 464 g/mol. The second-order valence-electron chi connectivity index (χ2n) is 12.7. The van der Waals surface area contributed by atoms with Gasteiger partial charge < -0.3 is 9.80 Å². The van der Waals surface area contributed by atoms with E-state index in [1.54, 1.807) is 0 Å². The van der Waals surface area contributed by atoms with Gasteiger partial charge in [-0.3, -0.25) is 9.98 Å². The molecule has 0 amide bonds. The Hall–Kier alpha value is -2.62. The number of hydrogen-bond donors (Lipinski definition) is 0. The predicted octanol–water partition coefficient (Wildman–Crippen LogP) is 7.96. The van der Waals surface area contributed by atoms with Crippen LogP contribution in [0.5, 0.6) is 0 Å². The second kappa shape index (κ2) is 10.9. The molecule has 2 saturated carbocycles. The molecule has 2 atom stereocenters. The van der Waals surface area contributed by atoms with Gasteiger partial charge in [0, 0.05) is 24.5 Å². The Kier molecular flexibility index (Phi) is 7.33. The summed E-state index contributed by atoms with van der Waals surface area (Å²) < 4.78 is 0. The van der Waals surface area contributed by atoms with E-state index in [9.17, 15) is 0 Å². The van der Waals surface area contributed by atoms with Crippen LogP contribution in [-0.4, -0.2) is 36.8 Å². The number of amidine groups is 2. The van der Waals surface area contributed by atoms with Crippen molar-refractivity contribution >= 4 is 23.0 Å². The molecule has 202 valence electrons. The highest BCUT2D eigenvalue weighted by atomic mass is 15.4. The third-order valence-corrected chi connectivity index (χ3v) is 9.45. The zero-order chi connectivity index (χ0) is 26.2. The van der Waals surface area contributed by atoms with Crippen LogP contribution in [0.1, 0.15) is 86.5 Å². The molecule has 2 aliphatic heterocycles. The summed E-state index contributed by atoms with van der Waals surface area (Å²) in [5, 5.41) is 0. The van der Waals surface area contributed by atoms with Crippen molar-refractivity contribution in [3.63, 3.8) is 0 Å². The molecule has 4 aliphatic rings. The van der Waals surface area contributed by atoms with Crippen LogP contribution < -0.4 is 9.80 Å². The summed E-state index contributed by atoms with van der Waals surface area (Å²) >= 11 is 0. The molecule has 38 heavy (non-hydrogen) atoms. The first-order valence-electron chi connectivity index (χ1n) is 15.3. The molecule has 2 aromatic carbocycles. The largest absolute Gasteiger partial charge is 0.321 e. The van der Waals surface area contributed by atoms with E-state index < -0.39 is 0 Å². The van der Waals surface area contributed by atoms with Gasteiger partial charge in [0.1, 0.15) is 0 Å². The normalized spacial score (nSPS) is 25.2. The van der Waals surface area contributed by atoms with Crippen molar-refractivity contribution in [3.05, 3.63) is 58.7 Å². The molecule has 0 spiro atoms. The molecule has 0 radical (unpaired) electrons. The Morgan fingerprint density at radius 3 is 1.18 bits per heavy atom. The summed E-state index contributed by atoms with van der Waals surface area (Å²) in [6.07, 6.45) is 13.5. The molecule has 2 heterocycles. The third kappa shape index (κ3) is 5.28. The van der Waals surface area contributed by atoms with Crippen LogP contribution in [0, 0.1) is 39.5 Å². The van der Waals surface area contributed by atoms with Crippen molar-refractivity contribution in [2.75, 3.05) is 22.9 Å². The molecule has 2 aromatic rings. The van der Waals surface area contributed by atoms with Crippen LogP contribution in [0.15, 0.2) is 46.4 Å². The molecule has 2 fully saturated rings. The lowest BCUT2D eigenvalue weighted by atomic mass is 9.84. The SMILES string of the molecule is Cc1cc(C)cc(N2C[C@H](C3CCCCC3)N=C2C2=N[C@@H](C3CCCCC3)CN2c2cc(C)cc(C)c2)c1. The number of rotatable bonds is 5. The van der Waals surface area contributed by atoms with Gasteiger partial charge in [-0.2, -0.15) is 0 Å². The fourth-order valence-corrected chi connectivity index (χ4v) is 7.65. The minimum atomic E-state index is 0.364. The topological polar surface area (TPSA) is 31.2 Å². The third-order valence-electron chi connectivity index (χ3n) is 9.45. The lowest BCUT2D eigenvalue weighted by Gasteiger charge is -2.29. The Morgan fingerprint density at radius 2 is 0.842 bits per heavy atom. The lowest BCUT2D eigenvalue weighted by Crippen LogP contribution is -2.42. The molecule has 0 saturated heterocycles. The van der Waals surface area contributed by atoms with E-state index in [0.29, 0.717) is 23.9 Å². The summed E-state index contributed by atoms with van der Waals surface area (Å²) in [7, 11) is 0. The molecule has 0 unspecified atom stereocenters. The summed E-state index contributed by atoms with van der Waals surface area (Å²) in [6, 6.07) is 14.7. The van der Waals surface area contributed by atoms with Gasteiger partial charge in [0.25, 0.3) is 0 Å². The van der Waals surface area contributed by atoms with E-state index in [2.05, 4.69) is 73.9 Å². The zero-order valence-corrected chi connectivity index (χ0v) is 24.0. The van der Waals surface area contributed by atoms with Gasteiger partial charge in [0.2, 0.25) is 0 Å². The quantitative estimate of drug-likeness (QED) is 0.409. The van der Waals surface area contributed by atoms with Crippen molar-refractivity contribution < 1.29 is 0 Å². The fraction of sp³-hybridized carbons (Fsp3) is 0.588. The van der Waals surface area contributed by atoms with Crippen molar-refractivity contribution in [1.82, 2.24) is 0 Å². The number of nitrogens with zero attached hydrogens (tertiary/aromatic N) is 4. The highest BCUT2D eigenvalue weighted by molar-refractivity contribution is 6.50. The van der Waals surface area contributed by atoms with Crippen LogP contribution >= 0.6 is 0 Å². The average molecular weight is 511 g/mol. The first kappa shape index (κ1) is 25.6. The monoisotopic (exact) mass is 510 g/mol. The lowest BCUT2D eigenvalue weighted by molar-refractivity contribution is 0.315. The highest BCUT2D eigenvalue weighted by Gasteiger charge is 2.41. The number of benzene rings is 2. The van der Waals surface area contributed by atoms with Gasteiger partial charge >= 0.3 is 0 Å². The Balaban J connectivity index is 1.43. The maximum atomic E-state index is 5.58. The molecule has 2 aliphatic carbocycles. The van der Waals surface area contributed by atoms with Crippen molar-refractivity contribution in [1.29, 1.82) is 0 Å². The first-order chi connectivity index (χ1) is 18.4. The van der Waals surface area contributed by atoms with E-state index in [-0.39, 0.29) is 0 Å². The maximum absolute atomic E-state index is 5.58. The molecule has 6 rings (SSSR count). The Bertz CT molecular complexity index is 1080. The molecule has 4 nitrogen and oxygen atoms in total. The number of aliphatic imine (C=N–C) groups is 2. The van der Waals surface area contributed by atoms with Crippen LogP contribution in [-0.2, 0) is 0 Å². The number of hydrogen-bond acceptors (Lipinski definition) is 4. The number of aryl methyl sites for hydroxylation is 4. The van der Waals surface area contributed by atoms with E-state index in [4.69, 9.17) is 9.98 Å². The van der Waals surface area contributed by atoms with Crippen LogP contribution in [0.25, 0.3) is 0 Å². The molecule has 4 heteroatoms. The standard InChI is InChI=1S/C34H46N4/c1-23-15-24(2)18-29(17-23)37-21-31(27-11-7-5-8-12-27)35-33(37)34-36-32(28-13-9-6-10-14-28)22-38(34)30-19-25(3)16-26(4)20-30/h15-20,27-28,31-32H,5-14,21-22H2,1-4H3/t31-,32-/m1/s1. The molecular formula is C34H46N4. The minimum absolute atomic E-state index is 0.364. The molecule has 0 aromatic heterocycles. The van der Waals surface area contributed by atoms with Crippen molar-refractivity contribution in [2.24, 2.45) is 21.8 Å². The number of anilines is 2. The first-order valence-corrected chi connectivity index (χ1v) is 15.3. The maximum Gasteiger partial charge on any atom is 0.172 e. The summed E-state index contributed by atoms with van der Waals surface area (Å²) in [4.78, 5) is 16.2. The molecule has 0 N–H and O–H groups in total. The van der Waals surface area contributed by atoms with Gasteiger partial charge in [-0.15, -0.1) is 0 Å². The van der Waals surface area contributed by atoms with E-state index >= 15 is 0 Å². The van der Waals surface area contributed by atoms with Gasteiger partial charge in [-0.05, 0) is 112 Å². The van der Waals surface area contributed by atoms with Crippen LogP contribution in [0.3, 0.4) is 0 Å². The van der Waals surface area contributed by atoms with Gasteiger partial charge in [0.05, 0.1) is 12.1 Å². The van der Waals surface area contributed by atoms with Crippen LogP contribution in [0.4, 0.5) is 11.4 Å². The average Bonchev–Trinajstić information content (AvgIpc) is 3.54. The Morgan fingerprint density at radius 1 is 0.500 bits per heavy atom. The van der Waals surface area contributed by atoms with Gasteiger partial charge in [-0.25, -0.2) is 0 Å². The second-order valence-corrected chi connectivity index (χ2v) is 12.7. The minimum Gasteiger partial charge on any atom is -0.321 e. The summed E-state index contributed by atoms with van der Waals surface area (Å²) in [5.74, 6) is 3.62. The Labute approximate surface area is 230 Å². The summed E-state index contributed by atoms with van der Waals surface area (Å²) in [6.45, 7) is 10.8. The van der Waals surface area contributed by atoms with Crippen molar-refractivity contribution in [3.8, 4) is 0 Å². The fourth-order valence-electron chi connectivity index (χ4n) is 7.65. The zero-order valence-electron chi connectivity index (χ0n) is 24.0. The van der Waals surface area contributed by atoms with Crippen LogP contribution in [0.2, 0.25) is 0 Å². The van der Waals surface area contributed by atoms with E-state index in [0.717, 1.165) is 24.8 Å². The van der Waals surface area contributed by atoms with Gasteiger partial charge in [-0.1, -0.05) is 50.7 Å².